The molecule has 2 aromatic heterocycles. The van der Waals surface area contributed by atoms with Crippen molar-refractivity contribution in [3.63, 3.8) is 0 Å². The van der Waals surface area contributed by atoms with E-state index in [4.69, 9.17) is 25.1 Å². The van der Waals surface area contributed by atoms with Gasteiger partial charge in [0.05, 0.1) is 12.4 Å². The van der Waals surface area contributed by atoms with E-state index in [2.05, 4.69) is 25.1 Å². The minimum Gasteiger partial charge on any atom is -0.371 e. The number of nitrogens with one attached hydrogen (secondary N) is 2. The van der Waals surface area contributed by atoms with Gasteiger partial charge in [-0.15, -0.1) is 0 Å². The number of hydrogen-bond donors (Lipinski definition) is 2. The van der Waals surface area contributed by atoms with Crippen LogP contribution in [0.25, 0.3) is 16.0 Å². The molecule has 186 valence electrons. The SMILES string of the molecule is [C-]#[N+]CCOP(C)OC1[C@@H](CC)O[C@@H](n2cnc3c(=O)[nH]c(NC(=O)C(C)C)nc32)[C@H]1OCC. The molecular formula is C21H31N6O6P. The zero-order valence-corrected chi connectivity index (χ0v) is 20.9. The standard InChI is InChI=1S/C21H31N6O6P/c1-7-13-15(33-34(6)31-10-9-22-5)16(30-8-2)20(32-13)27-11-23-14-17(27)24-21(26-19(14)29)25-18(28)12(3)4/h11-13,15-16,20H,7-10H2,1-4,6H3,(H2,24,25,26,28,29)/t13-,15?,16+,20-,34?/m1/s1. The number of imidazole rings is 1. The van der Waals surface area contributed by atoms with Gasteiger partial charge in [0.2, 0.25) is 18.4 Å². The summed E-state index contributed by atoms with van der Waals surface area (Å²) in [6, 6.07) is 0. The number of carbonyl (C=O) groups excluding carboxylic acids is 1. The first-order valence-electron chi connectivity index (χ1n) is 11.2. The molecule has 0 saturated carbocycles. The molecule has 0 radical (unpaired) electrons. The lowest BCUT2D eigenvalue weighted by atomic mass is 10.1. The molecule has 0 bridgehead atoms. The van der Waals surface area contributed by atoms with Crippen LogP contribution >= 0.6 is 8.38 Å². The largest absolute Gasteiger partial charge is 0.371 e. The van der Waals surface area contributed by atoms with Crippen LogP contribution in [0.1, 0.15) is 40.3 Å². The lowest BCUT2D eigenvalue weighted by Gasteiger charge is -2.26. The van der Waals surface area contributed by atoms with E-state index in [1.54, 1.807) is 18.4 Å². The van der Waals surface area contributed by atoms with E-state index in [1.165, 1.54) is 6.33 Å². The third kappa shape index (κ3) is 5.79. The van der Waals surface area contributed by atoms with Gasteiger partial charge in [-0.05, 0) is 13.3 Å². The summed E-state index contributed by atoms with van der Waals surface area (Å²) < 4.78 is 25.8. The van der Waals surface area contributed by atoms with Gasteiger partial charge in [-0.25, -0.2) is 11.6 Å². The molecular weight excluding hydrogens is 463 g/mol. The Hall–Kier alpha value is -2.42. The molecule has 2 N–H and O–H groups in total. The van der Waals surface area contributed by atoms with E-state index in [1.807, 2.05) is 20.5 Å². The fourth-order valence-corrected chi connectivity index (χ4v) is 4.61. The number of anilines is 1. The van der Waals surface area contributed by atoms with Crippen molar-refractivity contribution in [3.05, 3.63) is 28.1 Å². The first kappa shape index (κ1) is 26.2. The smallest absolute Gasteiger partial charge is 0.280 e. The maximum Gasteiger partial charge on any atom is 0.280 e. The second-order valence-electron chi connectivity index (χ2n) is 8.00. The Balaban J connectivity index is 1.93. The Kier molecular flexibility index (Phi) is 9.10. The molecule has 1 aliphatic heterocycles. The van der Waals surface area contributed by atoms with Crippen molar-refractivity contribution in [1.29, 1.82) is 0 Å². The van der Waals surface area contributed by atoms with Gasteiger partial charge < -0.3 is 23.4 Å². The average Bonchev–Trinajstić information content (AvgIpc) is 3.36. The van der Waals surface area contributed by atoms with Crippen molar-refractivity contribution < 1.29 is 23.3 Å². The molecule has 2 unspecified atom stereocenters. The number of aromatic amines is 1. The minimum atomic E-state index is -1.26. The summed E-state index contributed by atoms with van der Waals surface area (Å²) in [7, 11) is -1.26. The molecule has 13 heteroatoms. The molecule has 0 spiro atoms. The van der Waals surface area contributed by atoms with Crippen LogP contribution in [0.15, 0.2) is 11.1 Å². The highest BCUT2D eigenvalue weighted by Crippen LogP contribution is 2.44. The fourth-order valence-electron chi connectivity index (χ4n) is 3.61. The van der Waals surface area contributed by atoms with Crippen LogP contribution < -0.4 is 10.9 Å². The number of fused-ring (bicyclic) bond motifs is 1. The number of carbonyl (C=O) groups is 1. The van der Waals surface area contributed by atoms with Crippen molar-refractivity contribution in [1.82, 2.24) is 19.5 Å². The maximum absolute atomic E-state index is 12.6. The van der Waals surface area contributed by atoms with E-state index < -0.39 is 32.4 Å². The average molecular weight is 494 g/mol. The molecule has 34 heavy (non-hydrogen) atoms. The molecule has 3 rings (SSSR count). The normalized spacial score (nSPS) is 23.3. The summed E-state index contributed by atoms with van der Waals surface area (Å²) in [5.74, 6) is -0.517. The van der Waals surface area contributed by atoms with Crippen LogP contribution in [-0.4, -0.2) is 70.2 Å². The van der Waals surface area contributed by atoms with Crippen LogP contribution in [-0.2, 0) is 23.3 Å². The van der Waals surface area contributed by atoms with Crippen LogP contribution in [0.5, 0.6) is 0 Å². The number of aromatic nitrogens is 4. The van der Waals surface area contributed by atoms with Gasteiger partial charge >= 0.3 is 0 Å². The van der Waals surface area contributed by atoms with Crippen molar-refractivity contribution >= 4 is 31.4 Å². The fraction of sp³-hybridized carbons (Fsp3) is 0.667. The van der Waals surface area contributed by atoms with E-state index in [0.29, 0.717) is 19.6 Å². The molecule has 3 heterocycles. The van der Waals surface area contributed by atoms with Crippen molar-refractivity contribution in [2.24, 2.45) is 5.92 Å². The molecule has 0 aliphatic carbocycles. The highest BCUT2D eigenvalue weighted by molar-refractivity contribution is 7.46. The van der Waals surface area contributed by atoms with Crippen LogP contribution in [0, 0.1) is 12.5 Å². The number of rotatable bonds is 11. The Morgan fingerprint density at radius 3 is 2.82 bits per heavy atom. The highest BCUT2D eigenvalue weighted by Gasteiger charge is 2.48. The summed E-state index contributed by atoms with van der Waals surface area (Å²) in [4.78, 5) is 39.2. The third-order valence-electron chi connectivity index (χ3n) is 5.27. The maximum atomic E-state index is 12.6. The molecule has 5 atom stereocenters. The van der Waals surface area contributed by atoms with Crippen LogP contribution in [0.4, 0.5) is 5.95 Å². The van der Waals surface area contributed by atoms with Gasteiger partial charge in [0.15, 0.2) is 25.8 Å². The Morgan fingerprint density at radius 1 is 1.41 bits per heavy atom. The van der Waals surface area contributed by atoms with Crippen molar-refractivity contribution in [2.45, 2.75) is 58.7 Å². The van der Waals surface area contributed by atoms with Gasteiger partial charge in [0, 0.05) is 19.2 Å². The predicted molar refractivity (Wildman–Crippen MR) is 126 cm³/mol. The number of ether oxygens (including phenoxy) is 2. The molecule has 12 nitrogen and oxygen atoms in total. The highest BCUT2D eigenvalue weighted by atomic mass is 31.2. The minimum absolute atomic E-state index is 0.0361. The van der Waals surface area contributed by atoms with Gasteiger partial charge in [0.1, 0.15) is 18.8 Å². The van der Waals surface area contributed by atoms with Gasteiger partial charge in [-0.3, -0.25) is 24.5 Å². The topological polar surface area (TPSA) is 134 Å². The molecule has 2 aromatic rings. The predicted octanol–water partition coefficient (Wildman–Crippen LogP) is 2.69. The molecule has 1 aliphatic rings. The lowest BCUT2D eigenvalue weighted by molar-refractivity contribution is -0.118. The summed E-state index contributed by atoms with van der Waals surface area (Å²) in [5, 5.41) is 2.62. The van der Waals surface area contributed by atoms with Gasteiger partial charge in [-0.1, -0.05) is 20.8 Å². The van der Waals surface area contributed by atoms with Crippen LogP contribution in [0.3, 0.4) is 0 Å². The number of amides is 1. The first-order valence-corrected chi connectivity index (χ1v) is 12.8. The van der Waals surface area contributed by atoms with E-state index in [0.717, 1.165) is 0 Å². The van der Waals surface area contributed by atoms with E-state index >= 15 is 0 Å². The zero-order valence-electron chi connectivity index (χ0n) is 20.0. The number of nitrogens with zero attached hydrogens (tertiary/aromatic N) is 4. The number of H-pyrrole nitrogens is 1. The first-order chi connectivity index (χ1) is 16.3. The second kappa shape index (κ2) is 11.8. The monoisotopic (exact) mass is 494 g/mol. The summed E-state index contributed by atoms with van der Waals surface area (Å²) in [5.41, 5.74) is -0.0852. The Bertz CT molecular complexity index is 1080. The Labute approximate surface area is 199 Å². The lowest BCUT2D eigenvalue weighted by Crippen LogP contribution is -2.35. The zero-order chi connectivity index (χ0) is 24.8. The molecule has 0 aromatic carbocycles. The van der Waals surface area contributed by atoms with Crippen LogP contribution in [0.2, 0.25) is 0 Å². The van der Waals surface area contributed by atoms with Crippen molar-refractivity contribution in [2.75, 3.05) is 31.7 Å². The molecule has 1 amide bonds. The second-order valence-corrected chi connectivity index (χ2v) is 9.35. The summed E-state index contributed by atoms with van der Waals surface area (Å²) in [6.07, 6.45) is 0.236. The third-order valence-corrected chi connectivity index (χ3v) is 6.35. The Morgan fingerprint density at radius 2 is 2.18 bits per heavy atom. The molecule has 1 saturated heterocycles. The van der Waals surface area contributed by atoms with Gasteiger partial charge in [0.25, 0.3) is 5.56 Å². The summed E-state index contributed by atoms with van der Waals surface area (Å²) in [6.45, 7) is 17.0. The molecule has 1 fully saturated rings. The van der Waals surface area contributed by atoms with Gasteiger partial charge in [-0.2, -0.15) is 4.98 Å². The summed E-state index contributed by atoms with van der Waals surface area (Å²) >= 11 is 0. The van der Waals surface area contributed by atoms with E-state index in [9.17, 15) is 9.59 Å². The van der Waals surface area contributed by atoms with E-state index in [-0.39, 0.29) is 41.6 Å². The van der Waals surface area contributed by atoms with Crippen molar-refractivity contribution in [3.8, 4) is 0 Å². The quantitative estimate of drug-likeness (QED) is 0.277. The number of hydrogen-bond acceptors (Lipinski definition) is 8.